The van der Waals surface area contributed by atoms with Gasteiger partial charge in [-0.25, -0.2) is 8.42 Å². The van der Waals surface area contributed by atoms with E-state index in [9.17, 15) is 13.2 Å². The van der Waals surface area contributed by atoms with Crippen LogP contribution in [-0.2, 0) is 19.6 Å². The second-order valence-electron chi connectivity index (χ2n) is 7.75. The number of carbonyl (C=O) groups is 1. The fraction of sp³-hybridized carbons (Fsp3) is 0.476. The molecule has 7 nitrogen and oxygen atoms in total. The Morgan fingerprint density at radius 1 is 1.03 bits per heavy atom. The van der Waals surface area contributed by atoms with Crippen LogP contribution in [0, 0.1) is 0 Å². The summed E-state index contributed by atoms with van der Waals surface area (Å²) in [6.45, 7) is 2.01. The molecule has 0 spiro atoms. The number of rotatable bonds is 4. The van der Waals surface area contributed by atoms with E-state index in [-0.39, 0.29) is 12.0 Å². The van der Waals surface area contributed by atoms with Crippen LogP contribution in [0.4, 0.5) is 5.69 Å². The van der Waals surface area contributed by atoms with Crippen molar-refractivity contribution in [1.29, 1.82) is 0 Å². The largest absolute Gasteiger partial charge is 0.377 e. The zero-order chi connectivity index (χ0) is 20.6. The minimum atomic E-state index is -3.65. The van der Waals surface area contributed by atoms with Crippen LogP contribution in [0.1, 0.15) is 12.8 Å². The molecule has 1 unspecified atom stereocenters. The second-order valence-corrected chi connectivity index (χ2v) is 9.66. The number of nitrogens with zero attached hydrogens (tertiary/aromatic N) is 3. The standard InChI is InChI=1S/C21H27N3O4S/c1-22(2)18-8-3-7-17-16(18)6-4-10-20(17)29(26,27)24-13-11-23(12-14-24)21(25)19-9-5-15-28-19/h3-4,6-8,10,19H,5,9,11-15H2,1-2H3. The first-order chi connectivity index (χ1) is 13.9. The molecule has 2 fully saturated rings. The topological polar surface area (TPSA) is 70.2 Å². The third kappa shape index (κ3) is 3.72. The highest BCUT2D eigenvalue weighted by Crippen LogP contribution is 2.32. The van der Waals surface area contributed by atoms with Crippen LogP contribution in [0.5, 0.6) is 0 Å². The van der Waals surface area contributed by atoms with E-state index < -0.39 is 10.0 Å². The summed E-state index contributed by atoms with van der Waals surface area (Å²) in [5, 5.41) is 1.63. The molecule has 2 heterocycles. The quantitative estimate of drug-likeness (QED) is 0.760. The first kappa shape index (κ1) is 20.1. The Labute approximate surface area is 171 Å². The smallest absolute Gasteiger partial charge is 0.251 e. The molecule has 1 amide bonds. The monoisotopic (exact) mass is 417 g/mol. The molecule has 2 aliphatic rings. The normalized spacial score (nSPS) is 20.9. The Kier molecular flexibility index (Phi) is 5.50. The minimum Gasteiger partial charge on any atom is -0.377 e. The minimum absolute atomic E-state index is 0.0136. The number of anilines is 1. The number of fused-ring (bicyclic) bond motifs is 1. The van der Waals surface area contributed by atoms with Crippen LogP contribution in [0.15, 0.2) is 41.3 Å². The molecule has 1 atom stereocenters. The SMILES string of the molecule is CN(C)c1cccc2c(S(=O)(=O)N3CCN(C(=O)C4CCCO4)CC3)cccc12. The predicted octanol–water partition coefficient (Wildman–Crippen LogP) is 1.92. The van der Waals surface area contributed by atoms with Crippen molar-refractivity contribution in [1.82, 2.24) is 9.21 Å². The van der Waals surface area contributed by atoms with Gasteiger partial charge in [0.05, 0.1) is 4.90 Å². The Balaban J connectivity index is 1.57. The van der Waals surface area contributed by atoms with Gasteiger partial charge in [-0.3, -0.25) is 4.79 Å². The third-order valence-corrected chi connectivity index (χ3v) is 7.67. The number of sulfonamides is 1. The highest BCUT2D eigenvalue weighted by atomic mass is 32.2. The van der Waals surface area contributed by atoms with Gasteiger partial charge in [-0.1, -0.05) is 24.3 Å². The Morgan fingerprint density at radius 2 is 1.72 bits per heavy atom. The summed E-state index contributed by atoms with van der Waals surface area (Å²) in [5.41, 5.74) is 0.978. The highest BCUT2D eigenvalue weighted by Gasteiger charge is 2.34. The number of ether oxygens (including phenoxy) is 1. The Bertz CT molecular complexity index is 1010. The predicted molar refractivity (Wildman–Crippen MR) is 113 cm³/mol. The zero-order valence-electron chi connectivity index (χ0n) is 16.9. The number of hydrogen-bond acceptors (Lipinski definition) is 5. The van der Waals surface area contributed by atoms with E-state index in [1.165, 1.54) is 4.31 Å². The lowest BCUT2D eigenvalue weighted by molar-refractivity contribution is -0.142. The lowest BCUT2D eigenvalue weighted by Gasteiger charge is -2.35. The molecule has 0 radical (unpaired) electrons. The first-order valence-corrected chi connectivity index (χ1v) is 11.4. The van der Waals surface area contributed by atoms with Crippen LogP contribution >= 0.6 is 0 Å². The van der Waals surface area contributed by atoms with Gasteiger partial charge in [0.25, 0.3) is 5.91 Å². The van der Waals surface area contributed by atoms with E-state index >= 15 is 0 Å². The molecule has 0 saturated carbocycles. The molecule has 0 bridgehead atoms. The molecular weight excluding hydrogens is 390 g/mol. The highest BCUT2D eigenvalue weighted by molar-refractivity contribution is 7.89. The molecule has 2 aromatic rings. The fourth-order valence-corrected chi connectivity index (χ4v) is 5.77. The van der Waals surface area contributed by atoms with Gasteiger partial charge in [0.1, 0.15) is 6.10 Å². The van der Waals surface area contributed by atoms with Gasteiger partial charge in [-0.2, -0.15) is 4.31 Å². The van der Waals surface area contributed by atoms with Crippen molar-refractivity contribution in [2.75, 3.05) is 51.8 Å². The van der Waals surface area contributed by atoms with Crippen molar-refractivity contribution in [3.8, 4) is 0 Å². The molecule has 2 saturated heterocycles. The van der Waals surface area contributed by atoms with Crippen LogP contribution in [0.2, 0.25) is 0 Å². The van der Waals surface area contributed by atoms with Crippen molar-refractivity contribution in [3.05, 3.63) is 36.4 Å². The molecule has 8 heteroatoms. The summed E-state index contributed by atoms with van der Waals surface area (Å²) < 4.78 is 33.8. The van der Waals surface area contributed by atoms with Crippen molar-refractivity contribution >= 4 is 32.4 Å². The van der Waals surface area contributed by atoms with Gasteiger partial charge >= 0.3 is 0 Å². The van der Waals surface area contributed by atoms with Crippen molar-refractivity contribution in [3.63, 3.8) is 0 Å². The average molecular weight is 418 g/mol. The zero-order valence-corrected chi connectivity index (χ0v) is 17.7. The number of carbonyl (C=O) groups excluding carboxylic acids is 1. The van der Waals surface area contributed by atoms with Gasteiger partial charge in [0.15, 0.2) is 0 Å². The van der Waals surface area contributed by atoms with Gasteiger partial charge in [0, 0.05) is 63.3 Å². The first-order valence-electron chi connectivity index (χ1n) is 9.99. The maximum Gasteiger partial charge on any atom is 0.251 e. The van der Waals surface area contributed by atoms with E-state index in [0.29, 0.717) is 37.7 Å². The number of hydrogen-bond donors (Lipinski definition) is 0. The van der Waals surface area contributed by atoms with Crippen molar-refractivity contribution in [2.24, 2.45) is 0 Å². The Hall–Kier alpha value is -2.16. The molecule has 4 rings (SSSR count). The summed E-state index contributed by atoms with van der Waals surface area (Å²) in [6.07, 6.45) is 1.29. The van der Waals surface area contributed by atoms with Crippen LogP contribution in [-0.4, -0.2) is 76.5 Å². The molecule has 2 aromatic carbocycles. The molecule has 0 N–H and O–H groups in total. The number of piperazine rings is 1. The summed E-state index contributed by atoms with van der Waals surface area (Å²) >= 11 is 0. The van der Waals surface area contributed by atoms with E-state index in [1.807, 2.05) is 43.3 Å². The van der Waals surface area contributed by atoms with Crippen LogP contribution in [0.25, 0.3) is 10.8 Å². The Morgan fingerprint density at radius 3 is 2.38 bits per heavy atom. The van der Waals surface area contributed by atoms with Gasteiger partial charge in [-0.15, -0.1) is 0 Å². The third-order valence-electron chi connectivity index (χ3n) is 5.71. The van der Waals surface area contributed by atoms with E-state index in [1.54, 1.807) is 17.0 Å². The van der Waals surface area contributed by atoms with Gasteiger partial charge in [0.2, 0.25) is 10.0 Å². The van der Waals surface area contributed by atoms with Crippen molar-refractivity contribution < 1.29 is 17.9 Å². The van der Waals surface area contributed by atoms with Crippen LogP contribution < -0.4 is 4.90 Å². The molecule has 156 valence electrons. The van der Waals surface area contributed by atoms with Crippen molar-refractivity contribution in [2.45, 2.75) is 23.8 Å². The summed E-state index contributed by atoms with van der Waals surface area (Å²) in [4.78, 5) is 16.6. The van der Waals surface area contributed by atoms with E-state index in [2.05, 4.69) is 0 Å². The summed E-state index contributed by atoms with van der Waals surface area (Å²) in [6, 6.07) is 11.1. The fourth-order valence-electron chi connectivity index (χ4n) is 4.14. The van der Waals surface area contributed by atoms with Gasteiger partial charge < -0.3 is 14.5 Å². The average Bonchev–Trinajstić information content (AvgIpc) is 3.27. The van der Waals surface area contributed by atoms with Crippen LogP contribution in [0.3, 0.4) is 0 Å². The van der Waals surface area contributed by atoms with E-state index in [0.717, 1.165) is 29.3 Å². The lowest BCUT2D eigenvalue weighted by atomic mass is 10.1. The maximum atomic E-state index is 13.4. The summed E-state index contributed by atoms with van der Waals surface area (Å²) in [7, 11) is 0.236. The summed E-state index contributed by atoms with van der Waals surface area (Å²) in [5.74, 6) is -0.0136. The molecule has 29 heavy (non-hydrogen) atoms. The second kappa shape index (κ2) is 7.93. The number of benzene rings is 2. The van der Waals surface area contributed by atoms with E-state index in [4.69, 9.17) is 4.74 Å². The maximum absolute atomic E-state index is 13.4. The molecule has 0 aliphatic carbocycles. The number of amides is 1. The lowest BCUT2D eigenvalue weighted by Crippen LogP contribution is -2.52. The van der Waals surface area contributed by atoms with Gasteiger partial charge in [-0.05, 0) is 25.0 Å². The molecule has 2 aliphatic heterocycles. The molecule has 0 aromatic heterocycles. The molecular formula is C21H27N3O4S.